The van der Waals surface area contributed by atoms with Crippen molar-refractivity contribution in [3.05, 3.63) is 70.0 Å². The lowest BCUT2D eigenvalue weighted by atomic mass is 9.81. The molecule has 224 valence electrons. The first-order valence-corrected chi connectivity index (χ1v) is 13.7. The molecule has 1 aliphatic heterocycles. The van der Waals surface area contributed by atoms with E-state index in [-0.39, 0.29) is 43.2 Å². The fourth-order valence-corrected chi connectivity index (χ4v) is 7.63. The second kappa shape index (κ2) is 10.6. The van der Waals surface area contributed by atoms with Crippen LogP contribution < -0.4 is 0 Å². The van der Waals surface area contributed by atoms with Crippen LogP contribution >= 0.6 is 0 Å². The van der Waals surface area contributed by atoms with Gasteiger partial charge in [0.2, 0.25) is 5.91 Å². The summed E-state index contributed by atoms with van der Waals surface area (Å²) in [4.78, 5) is 13.8. The van der Waals surface area contributed by atoms with Crippen LogP contribution in [-0.4, -0.2) is 65.3 Å². The lowest BCUT2D eigenvalue weighted by Gasteiger charge is -2.37. The van der Waals surface area contributed by atoms with E-state index in [1.54, 1.807) is 0 Å². The highest BCUT2D eigenvalue weighted by Crippen LogP contribution is 2.55. The largest absolute Gasteiger partial charge is 0.435 e. The maximum Gasteiger partial charge on any atom is 0.435 e. The van der Waals surface area contributed by atoms with Crippen LogP contribution in [0, 0.1) is 0 Å². The van der Waals surface area contributed by atoms with Crippen LogP contribution in [0.15, 0.2) is 64.4 Å². The fourth-order valence-electron chi connectivity index (χ4n) is 5.32. The number of aromatic nitrogens is 2. The predicted octanol–water partition coefficient (Wildman–Crippen LogP) is 5.71. The Balaban J connectivity index is 1.80. The van der Waals surface area contributed by atoms with Crippen molar-refractivity contribution in [2.75, 3.05) is 13.1 Å². The number of hydrogen-bond acceptors (Lipinski definition) is 5. The highest BCUT2D eigenvalue weighted by molar-refractivity contribution is 7.96. The van der Waals surface area contributed by atoms with Gasteiger partial charge in [0, 0.05) is 36.2 Å². The maximum absolute atomic E-state index is 15.1. The van der Waals surface area contributed by atoms with E-state index in [1.807, 2.05) is 0 Å². The third-order valence-electron chi connectivity index (χ3n) is 7.52. The summed E-state index contributed by atoms with van der Waals surface area (Å²) in [5.74, 6) is -3.40. The number of carbonyl (C=O) groups excluding carboxylic acids is 1. The number of halogens is 9. The molecule has 2 aliphatic carbocycles. The van der Waals surface area contributed by atoms with Crippen molar-refractivity contribution in [3.8, 4) is 0 Å². The molecule has 1 aromatic heterocycles. The van der Waals surface area contributed by atoms with Crippen molar-refractivity contribution < 1.29 is 52.7 Å². The Bertz CT molecular complexity index is 1430. The molecule has 4 rings (SSSR count). The minimum absolute atomic E-state index is 0.197. The Morgan fingerprint density at radius 2 is 1.63 bits per heavy atom. The average molecular weight is 616 g/mol. The third-order valence-corrected chi connectivity index (χ3v) is 10.2. The van der Waals surface area contributed by atoms with Gasteiger partial charge in [-0.05, 0) is 61.1 Å². The monoisotopic (exact) mass is 615 g/mol. The second-order valence-corrected chi connectivity index (χ2v) is 12.2. The quantitative estimate of drug-likeness (QED) is 0.383. The number of allylic oxidation sites excluding steroid dienone is 7. The number of alkyl halides is 7. The molecule has 41 heavy (non-hydrogen) atoms. The molecule has 1 unspecified atom stereocenters. The molecule has 0 aromatic carbocycles. The Morgan fingerprint density at radius 1 is 0.951 bits per heavy atom. The number of amides is 1. The van der Waals surface area contributed by atoms with Crippen LogP contribution in [0.4, 0.5) is 39.5 Å². The minimum Gasteiger partial charge on any atom is -0.340 e. The smallest absolute Gasteiger partial charge is 0.340 e. The van der Waals surface area contributed by atoms with Gasteiger partial charge in [-0.1, -0.05) is 0 Å². The summed E-state index contributed by atoms with van der Waals surface area (Å²) in [5, 5.41) is 7.21. The van der Waals surface area contributed by atoms with Gasteiger partial charge >= 0.3 is 18.0 Å². The maximum atomic E-state index is 15.1. The highest BCUT2D eigenvalue weighted by atomic mass is 32.2. The molecule has 0 spiro atoms. The Labute approximate surface area is 228 Å². The molecule has 2 heterocycles. The molecule has 1 aromatic rings. The zero-order valence-corrected chi connectivity index (χ0v) is 21.8. The molecule has 1 saturated heterocycles. The number of nitrogens with zero attached hydrogens (tertiary/aromatic N) is 3. The summed E-state index contributed by atoms with van der Waals surface area (Å²) >= 11 is 0. The van der Waals surface area contributed by atoms with Crippen LogP contribution in [0.1, 0.15) is 37.7 Å². The van der Waals surface area contributed by atoms with E-state index in [1.165, 1.54) is 18.5 Å². The van der Waals surface area contributed by atoms with Gasteiger partial charge in [0.05, 0.1) is 12.6 Å². The normalized spacial score (nSPS) is 22.9. The van der Waals surface area contributed by atoms with Gasteiger partial charge < -0.3 is 4.90 Å². The zero-order valence-electron chi connectivity index (χ0n) is 21.0. The molecule has 16 heteroatoms. The summed E-state index contributed by atoms with van der Waals surface area (Å²) in [5.41, 5.74) is -8.20. The zero-order chi connectivity index (χ0) is 30.4. The lowest BCUT2D eigenvalue weighted by Crippen LogP contribution is -2.55. The van der Waals surface area contributed by atoms with Gasteiger partial charge in [-0.3, -0.25) is 4.79 Å². The van der Waals surface area contributed by atoms with Gasteiger partial charge in [-0.15, -0.1) is 0 Å². The minimum atomic E-state index is -6.55. The average Bonchev–Trinajstić information content (AvgIpc) is 3.35. The van der Waals surface area contributed by atoms with Gasteiger partial charge in [-0.2, -0.15) is 36.5 Å². The molecule has 0 saturated carbocycles. The van der Waals surface area contributed by atoms with E-state index >= 15 is 4.39 Å². The number of likely N-dealkylation sites (tertiary alicyclic amines) is 1. The third kappa shape index (κ3) is 5.30. The Morgan fingerprint density at radius 3 is 2.17 bits per heavy atom. The molecule has 1 atom stereocenters. The summed E-state index contributed by atoms with van der Waals surface area (Å²) in [7, 11) is -4.58. The number of hydrogen-bond donors (Lipinski definition) is 0. The molecule has 1 amide bonds. The van der Waals surface area contributed by atoms with Crippen LogP contribution in [0.2, 0.25) is 0 Å². The van der Waals surface area contributed by atoms with Crippen molar-refractivity contribution in [3.63, 3.8) is 0 Å². The number of sulfone groups is 1. The first-order chi connectivity index (χ1) is 18.9. The SMILES string of the molecule is O=C(Cc1ccnnc1)N1CCC(C2=CC(F)=C(C(F)(C(F)(F)F)C(F)(F)F)CC2)(S(=O)(=O)C2=CC=C(F)CC2)C1. The Kier molecular flexibility index (Phi) is 7.95. The fraction of sp³-hybridized carbons (Fsp3) is 0.480. The van der Waals surface area contributed by atoms with Crippen LogP contribution in [0.3, 0.4) is 0 Å². The van der Waals surface area contributed by atoms with Crippen molar-refractivity contribution in [1.29, 1.82) is 0 Å². The second-order valence-electron chi connectivity index (χ2n) is 9.89. The summed E-state index contributed by atoms with van der Waals surface area (Å²) in [6, 6.07) is 1.48. The van der Waals surface area contributed by atoms with Crippen LogP contribution in [-0.2, 0) is 21.1 Å². The molecule has 6 nitrogen and oxygen atoms in total. The van der Waals surface area contributed by atoms with E-state index in [2.05, 4.69) is 10.2 Å². The van der Waals surface area contributed by atoms with Gasteiger partial charge in [0.15, 0.2) is 9.84 Å². The number of rotatable bonds is 6. The topological polar surface area (TPSA) is 80.2 Å². The summed E-state index contributed by atoms with van der Waals surface area (Å²) in [6.45, 7) is -0.814. The van der Waals surface area contributed by atoms with Crippen molar-refractivity contribution in [2.24, 2.45) is 0 Å². The molecular formula is C25H22F9N3O3S. The molecule has 0 bridgehead atoms. The highest BCUT2D eigenvalue weighted by Gasteiger charge is 2.75. The predicted molar refractivity (Wildman–Crippen MR) is 126 cm³/mol. The Hall–Kier alpha value is -3.17. The summed E-state index contributed by atoms with van der Waals surface area (Å²) < 4.78 is 149. The van der Waals surface area contributed by atoms with Gasteiger partial charge in [0.1, 0.15) is 16.4 Å². The molecule has 0 radical (unpaired) electrons. The molecular weight excluding hydrogens is 593 g/mol. The summed E-state index contributed by atoms with van der Waals surface area (Å²) in [6.07, 6.45) is -11.9. The lowest BCUT2D eigenvalue weighted by molar-refractivity contribution is -0.327. The van der Waals surface area contributed by atoms with Crippen LogP contribution in [0.5, 0.6) is 0 Å². The van der Waals surface area contributed by atoms with E-state index < -0.39 is 80.7 Å². The number of carbonyl (C=O) groups is 1. The van der Waals surface area contributed by atoms with Crippen molar-refractivity contribution >= 4 is 15.7 Å². The molecule has 3 aliphatic rings. The molecule has 0 N–H and O–H groups in total. The van der Waals surface area contributed by atoms with Gasteiger partial charge in [-0.25, -0.2) is 21.6 Å². The molecule has 1 fully saturated rings. The first-order valence-electron chi connectivity index (χ1n) is 12.2. The van der Waals surface area contributed by atoms with Crippen molar-refractivity contribution in [1.82, 2.24) is 15.1 Å². The van der Waals surface area contributed by atoms with E-state index in [0.717, 1.165) is 17.1 Å². The van der Waals surface area contributed by atoms with Gasteiger partial charge in [0.25, 0.3) is 0 Å². The van der Waals surface area contributed by atoms with Crippen LogP contribution in [0.25, 0.3) is 0 Å². The standard InChI is InChI=1S/C25H22F9N3O3S/c26-17-2-4-18(5-3-17)41(39,40)22(8-10-37(14-22)21(38)11-15-7-9-35-36-13-15)16-1-6-19(20(27)12-16)23(28,24(29,30)31)25(32,33)34/h2,4,7,9,12-13H,1,3,5-6,8,10-11,14H2. The van der Waals surface area contributed by atoms with Crippen molar-refractivity contribution in [2.45, 2.75) is 61.3 Å². The first kappa shape index (κ1) is 30.8. The van der Waals surface area contributed by atoms with E-state index in [9.17, 15) is 48.3 Å². The van der Waals surface area contributed by atoms with E-state index in [4.69, 9.17) is 0 Å². The van der Waals surface area contributed by atoms with E-state index in [0.29, 0.717) is 5.56 Å².